The fraction of sp³-hybridized carbons (Fsp3) is 0.278. The molecule has 2 atom stereocenters. The van der Waals surface area contributed by atoms with Gasteiger partial charge in [0.25, 0.3) is 0 Å². The second-order valence-electron chi connectivity index (χ2n) is 10.6. The number of aryl methyl sites for hydroxylation is 1. The van der Waals surface area contributed by atoms with E-state index in [4.69, 9.17) is 0 Å². The normalized spacial score (nSPS) is 12.5. The molecule has 2 amide bonds. The summed E-state index contributed by atoms with van der Waals surface area (Å²) in [7, 11) is 0. The summed E-state index contributed by atoms with van der Waals surface area (Å²) in [5.74, 6) is -0.278. The van der Waals surface area contributed by atoms with E-state index in [9.17, 15) is 9.59 Å². The van der Waals surface area contributed by atoms with E-state index in [2.05, 4.69) is 42.6 Å². The third kappa shape index (κ3) is 7.92. The van der Waals surface area contributed by atoms with Gasteiger partial charge >= 0.3 is 0 Å². The van der Waals surface area contributed by atoms with Gasteiger partial charge in [-0.25, -0.2) is 0 Å². The first-order valence-corrected chi connectivity index (χ1v) is 14.2. The van der Waals surface area contributed by atoms with E-state index in [1.807, 2.05) is 98.8 Å². The Balaban J connectivity index is 1.74. The summed E-state index contributed by atoms with van der Waals surface area (Å²) in [4.78, 5) is 30.1. The van der Waals surface area contributed by atoms with Crippen LogP contribution >= 0.6 is 0 Å². The van der Waals surface area contributed by atoms with Crippen LogP contribution in [0.1, 0.15) is 60.4 Å². The van der Waals surface area contributed by atoms with E-state index in [0.717, 1.165) is 34.2 Å². The van der Waals surface area contributed by atoms with Crippen molar-refractivity contribution in [3.63, 3.8) is 0 Å². The molecule has 0 spiro atoms. The smallest absolute Gasteiger partial charge is 0.243 e. The lowest BCUT2D eigenvalue weighted by atomic mass is 9.87. The zero-order chi connectivity index (χ0) is 28.3. The number of carbonyl (C=O) groups excluding carboxylic acids is 2. The molecule has 40 heavy (non-hydrogen) atoms. The highest BCUT2D eigenvalue weighted by atomic mass is 16.2. The lowest BCUT2D eigenvalue weighted by Gasteiger charge is -2.33. The molecule has 0 heterocycles. The molecule has 0 radical (unpaired) electrons. The molecule has 0 saturated carbocycles. The summed E-state index contributed by atoms with van der Waals surface area (Å²) in [6.45, 7) is 6.47. The lowest BCUT2D eigenvalue weighted by Crippen LogP contribution is -2.52. The third-order valence-corrected chi connectivity index (χ3v) is 7.49. The molecule has 0 saturated heterocycles. The van der Waals surface area contributed by atoms with Gasteiger partial charge in [-0.2, -0.15) is 0 Å². The van der Waals surface area contributed by atoms with E-state index in [-0.39, 0.29) is 30.2 Å². The standard InChI is InChI=1S/C36H40N2O2/c1-4-28(3)37-36(40)34(24-29-16-8-5-9-17-29)38(26-30-18-14-15-27(2)23-30)35(39)25-33(31-19-10-6-11-20-31)32-21-12-7-13-22-32/h5-23,28,33-34H,4,24-26H2,1-3H3,(H,37,40)/t28-,34-/m0/s1. The van der Waals surface area contributed by atoms with Crippen molar-refractivity contribution >= 4 is 11.8 Å². The maximum absolute atomic E-state index is 14.4. The fourth-order valence-electron chi connectivity index (χ4n) is 5.09. The number of benzene rings is 4. The van der Waals surface area contributed by atoms with Crippen molar-refractivity contribution in [1.82, 2.24) is 10.2 Å². The molecule has 0 aliphatic heterocycles. The minimum absolute atomic E-state index is 0.0167. The third-order valence-electron chi connectivity index (χ3n) is 7.49. The predicted octanol–water partition coefficient (Wildman–Crippen LogP) is 7.07. The van der Waals surface area contributed by atoms with Crippen LogP contribution in [0, 0.1) is 6.92 Å². The maximum Gasteiger partial charge on any atom is 0.243 e. The van der Waals surface area contributed by atoms with E-state index in [0.29, 0.717) is 13.0 Å². The van der Waals surface area contributed by atoms with E-state index >= 15 is 0 Å². The Bertz CT molecular complexity index is 1320. The lowest BCUT2D eigenvalue weighted by molar-refractivity contribution is -0.141. The Morgan fingerprint density at radius 1 is 0.750 bits per heavy atom. The van der Waals surface area contributed by atoms with Gasteiger partial charge in [0.05, 0.1) is 0 Å². The van der Waals surface area contributed by atoms with Gasteiger partial charge < -0.3 is 10.2 Å². The van der Waals surface area contributed by atoms with Crippen molar-refractivity contribution in [1.29, 1.82) is 0 Å². The number of amides is 2. The van der Waals surface area contributed by atoms with Gasteiger partial charge in [-0.05, 0) is 42.5 Å². The van der Waals surface area contributed by atoms with E-state index in [1.165, 1.54) is 0 Å². The van der Waals surface area contributed by atoms with Crippen LogP contribution in [0.4, 0.5) is 0 Å². The van der Waals surface area contributed by atoms with Crippen molar-refractivity contribution < 1.29 is 9.59 Å². The largest absolute Gasteiger partial charge is 0.352 e. The van der Waals surface area contributed by atoms with Crippen LogP contribution in [0.2, 0.25) is 0 Å². The van der Waals surface area contributed by atoms with Crippen LogP contribution in [0.3, 0.4) is 0 Å². The predicted molar refractivity (Wildman–Crippen MR) is 163 cm³/mol. The molecule has 0 aromatic heterocycles. The van der Waals surface area contributed by atoms with Crippen LogP contribution in [-0.4, -0.2) is 28.8 Å². The van der Waals surface area contributed by atoms with Gasteiger partial charge in [0, 0.05) is 31.3 Å². The fourth-order valence-corrected chi connectivity index (χ4v) is 5.09. The van der Waals surface area contributed by atoms with E-state index < -0.39 is 6.04 Å². The summed E-state index contributed by atoms with van der Waals surface area (Å²) in [5.41, 5.74) is 5.33. The first-order valence-electron chi connectivity index (χ1n) is 14.2. The number of nitrogens with one attached hydrogen (secondary N) is 1. The Morgan fingerprint density at radius 3 is 1.85 bits per heavy atom. The van der Waals surface area contributed by atoms with Gasteiger partial charge in [-0.3, -0.25) is 9.59 Å². The second kappa shape index (κ2) is 14.3. The van der Waals surface area contributed by atoms with Crippen LogP contribution in [0.25, 0.3) is 0 Å². The Labute approximate surface area is 239 Å². The molecule has 0 aliphatic rings. The van der Waals surface area contributed by atoms with E-state index in [1.54, 1.807) is 4.90 Å². The van der Waals surface area contributed by atoms with Crippen LogP contribution < -0.4 is 5.32 Å². The molecule has 4 nitrogen and oxygen atoms in total. The topological polar surface area (TPSA) is 49.4 Å². The summed E-state index contributed by atoms with van der Waals surface area (Å²) in [5, 5.41) is 3.17. The second-order valence-corrected chi connectivity index (χ2v) is 10.6. The quantitative estimate of drug-likeness (QED) is 0.212. The molecule has 4 aromatic rings. The van der Waals surface area contributed by atoms with Crippen molar-refractivity contribution in [3.05, 3.63) is 143 Å². The van der Waals surface area contributed by atoms with Gasteiger partial charge in [0.2, 0.25) is 11.8 Å². The maximum atomic E-state index is 14.4. The summed E-state index contributed by atoms with van der Waals surface area (Å²) >= 11 is 0. The highest BCUT2D eigenvalue weighted by molar-refractivity contribution is 5.88. The molecule has 0 bridgehead atoms. The van der Waals surface area contributed by atoms with Gasteiger partial charge in [-0.1, -0.05) is 128 Å². The molecule has 0 aliphatic carbocycles. The van der Waals surface area contributed by atoms with Crippen molar-refractivity contribution in [3.8, 4) is 0 Å². The minimum atomic E-state index is -0.642. The monoisotopic (exact) mass is 532 g/mol. The molecule has 4 heteroatoms. The SMILES string of the molecule is CC[C@H](C)NC(=O)[C@H](Cc1ccccc1)N(Cc1cccc(C)c1)C(=O)CC(c1ccccc1)c1ccccc1. The average molecular weight is 533 g/mol. The Kier molecular flexibility index (Phi) is 10.3. The van der Waals surface area contributed by atoms with Crippen LogP contribution in [0.5, 0.6) is 0 Å². The van der Waals surface area contributed by atoms with Crippen LogP contribution in [-0.2, 0) is 22.6 Å². The molecule has 4 rings (SSSR count). The zero-order valence-electron chi connectivity index (χ0n) is 23.8. The zero-order valence-corrected chi connectivity index (χ0v) is 23.8. The highest BCUT2D eigenvalue weighted by Gasteiger charge is 2.32. The van der Waals surface area contributed by atoms with Gasteiger partial charge in [-0.15, -0.1) is 0 Å². The van der Waals surface area contributed by atoms with Crippen molar-refractivity contribution in [2.24, 2.45) is 0 Å². The molecule has 4 aromatic carbocycles. The molecular formula is C36H40N2O2. The minimum Gasteiger partial charge on any atom is -0.352 e. The molecular weight excluding hydrogens is 492 g/mol. The Hall–Kier alpha value is -4.18. The first kappa shape index (κ1) is 28.8. The number of hydrogen-bond acceptors (Lipinski definition) is 2. The van der Waals surface area contributed by atoms with Crippen molar-refractivity contribution in [2.75, 3.05) is 0 Å². The highest BCUT2D eigenvalue weighted by Crippen LogP contribution is 2.30. The number of hydrogen-bond donors (Lipinski definition) is 1. The Morgan fingerprint density at radius 2 is 1.30 bits per heavy atom. The molecule has 0 fully saturated rings. The molecule has 0 unspecified atom stereocenters. The van der Waals surface area contributed by atoms with Gasteiger partial charge in [0.15, 0.2) is 0 Å². The molecule has 1 N–H and O–H groups in total. The number of rotatable bonds is 12. The summed E-state index contributed by atoms with van der Waals surface area (Å²) in [6.07, 6.45) is 1.53. The van der Waals surface area contributed by atoms with Gasteiger partial charge in [0.1, 0.15) is 6.04 Å². The van der Waals surface area contributed by atoms with Crippen LogP contribution in [0.15, 0.2) is 115 Å². The van der Waals surface area contributed by atoms with Crippen molar-refractivity contribution in [2.45, 2.75) is 64.6 Å². The average Bonchev–Trinajstić information content (AvgIpc) is 2.99. The summed E-state index contributed by atoms with van der Waals surface area (Å²) in [6, 6.07) is 37.9. The number of carbonyl (C=O) groups is 2. The first-order chi connectivity index (χ1) is 19.4. The number of nitrogens with zero attached hydrogens (tertiary/aromatic N) is 1. The molecule has 206 valence electrons. The summed E-state index contributed by atoms with van der Waals surface area (Å²) < 4.78 is 0.